The van der Waals surface area contributed by atoms with Crippen LogP contribution < -0.4 is 10.1 Å². The fourth-order valence-electron chi connectivity index (χ4n) is 2.46. The Bertz CT molecular complexity index is 763. The number of ether oxygens (including phenoxy) is 1. The van der Waals surface area contributed by atoms with Crippen molar-refractivity contribution in [3.8, 4) is 5.75 Å². The van der Waals surface area contributed by atoms with Gasteiger partial charge in [0.05, 0.1) is 17.5 Å². The van der Waals surface area contributed by atoms with Crippen LogP contribution in [0.15, 0.2) is 48.5 Å². The van der Waals surface area contributed by atoms with Crippen molar-refractivity contribution in [1.29, 1.82) is 0 Å². The summed E-state index contributed by atoms with van der Waals surface area (Å²) in [5.74, 6) is -1.000. The van der Waals surface area contributed by atoms with E-state index < -0.39 is 24.0 Å². The Kier molecular flexibility index (Phi) is 6.42. The van der Waals surface area contributed by atoms with Crippen LogP contribution in [0.1, 0.15) is 30.5 Å². The van der Waals surface area contributed by atoms with Gasteiger partial charge >= 0.3 is 5.97 Å². The summed E-state index contributed by atoms with van der Waals surface area (Å²) in [4.78, 5) is 23.6. The lowest BCUT2D eigenvalue weighted by atomic mass is 9.98. The molecule has 0 saturated heterocycles. The first kappa shape index (κ1) is 18.8. The van der Waals surface area contributed by atoms with E-state index in [-0.39, 0.29) is 6.42 Å². The molecule has 0 radical (unpaired) electrons. The highest BCUT2D eigenvalue weighted by Gasteiger charge is 2.23. The highest BCUT2D eigenvalue weighted by molar-refractivity contribution is 6.32. The standard InChI is InChI=1S/C19H20ClNO4/c1-12-7-3-4-8-14(12)16(11-18(22)23)21-19(24)13(2)25-17-10-6-5-9-15(17)20/h3-10,13,16H,11H2,1-2H3,(H,21,24)(H,22,23). The molecule has 0 aliphatic rings. The van der Waals surface area contributed by atoms with Crippen molar-refractivity contribution in [3.63, 3.8) is 0 Å². The lowest BCUT2D eigenvalue weighted by molar-refractivity contribution is -0.138. The topological polar surface area (TPSA) is 75.6 Å². The number of amides is 1. The number of nitrogens with one attached hydrogen (secondary N) is 1. The van der Waals surface area contributed by atoms with E-state index in [0.29, 0.717) is 10.8 Å². The molecule has 6 heteroatoms. The van der Waals surface area contributed by atoms with Gasteiger partial charge in [-0.15, -0.1) is 0 Å². The Morgan fingerprint density at radius 2 is 1.80 bits per heavy atom. The number of carboxylic acids is 1. The van der Waals surface area contributed by atoms with Crippen molar-refractivity contribution in [1.82, 2.24) is 5.32 Å². The van der Waals surface area contributed by atoms with E-state index in [0.717, 1.165) is 11.1 Å². The number of aliphatic carboxylic acids is 1. The van der Waals surface area contributed by atoms with Crippen LogP contribution in [0.4, 0.5) is 0 Å². The molecule has 0 aromatic heterocycles. The number of carboxylic acid groups (broad SMARTS) is 1. The minimum absolute atomic E-state index is 0.213. The van der Waals surface area contributed by atoms with Gasteiger partial charge in [-0.2, -0.15) is 0 Å². The number of aryl methyl sites for hydroxylation is 1. The Morgan fingerprint density at radius 3 is 2.44 bits per heavy atom. The van der Waals surface area contributed by atoms with Gasteiger partial charge in [-0.3, -0.25) is 9.59 Å². The van der Waals surface area contributed by atoms with Crippen LogP contribution in [-0.4, -0.2) is 23.1 Å². The van der Waals surface area contributed by atoms with Gasteiger partial charge in [0, 0.05) is 0 Å². The Hall–Kier alpha value is -2.53. The highest BCUT2D eigenvalue weighted by atomic mass is 35.5. The molecule has 2 N–H and O–H groups in total. The molecule has 0 aliphatic carbocycles. The summed E-state index contributed by atoms with van der Waals surface area (Å²) in [5.41, 5.74) is 1.68. The molecule has 2 aromatic carbocycles. The second-order valence-electron chi connectivity index (χ2n) is 5.71. The quantitative estimate of drug-likeness (QED) is 0.787. The smallest absolute Gasteiger partial charge is 0.305 e. The first-order valence-corrected chi connectivity index (χ1v) is 8.25. The van der Waals surface area contributed by atoms with Crippen molar-refractivity contribution in [2.24, 2.45) is 0 Å². The molecule has 5 nitrogen and oxygen atoms in total. The number of benzene rings is 2. The summed E-state index contributed by atoms with van der Waals surface area (Å²) in [7, 11) is 0. The summed E-state index contributed by atoms with van der Waals surface area (Å²) >= 11 is 6.03. The zero-order valence-electron chi connectivity index (χ0n) is 14.0. The molecule has 2 rings (SSSR count). The molecule has 2 unspecified atom stereocenters. The van der Waals surface area contributed by atoms with Crippen molar-refractivity contribution in [2.75, 3.05) is 0 Å². The van der Waals surface area contributed by atoms with Gasteiger partial charge in [0.1, 0.15) is 5.75 Å². The van der Waals surface area contributed by atoms with E-state index in [1.807, 2.05) is 31.2 Å². The van der Waals surface area contributed by atoms with Gasteiger partial charge in [0.15, 0.2) is 6.10 Å². The fraction of sp³-hybridized carbons (Fsp3) is 0.263. The third kappa shape index (κ3) is 5.22. The zero-order valence-corrected chi connectivity index (χ0v) is 14.8. The van der Waals surface area contributed by atoms with Crippen LogP contribution in [0, 0.1) is 6.92 Å². The molecule has 0 saturated carbocycles. The molecule has 25 heavy (non-hydrogen) atoms. The number of para-hydroxylation sites is 1. The number of rotatable bonds is 7. The van der Waals surface area contributed by atoms with Crippen molar-refractivity contribution in [2.45, 2.75) is 32.4 Å². The maximum Gasteiger partial charge on any atom is 0.305 e. The molecule has 1 amide bonds. The lowest BCUT2D eigenvalue weighted by Gasteiger charge is -2.22. The van der Waals surface area contributed by atoms with Gasteiger partial charge in [0.2, 0.25) is 0 Å². The van der Waals surface area contributed by atoms with Crippen LogP contribution in [0.5, 0.6) is 5.75 Å². The lowest BCUT2D eigenvalue weighted by Crippen LogP contribution is -2.39. The molecular weight excluding hydrogens is 342 g/mol. The Labute approximate surface area is 151 Å². The van der Waals surface area contributed by atoms with Crippen molar-refractivity contribution >= 4 is 23.5 Å². The van der Waals surface area contributed by atoms with Crippen LogP contribution in [0.25, 0.3) is 0 Å². The van der Waals surface area contributed by atoms with Crippen molar-refractivity contribution < 1.29 is 19.4 Å². The summed E-state index contributed by atoms with van der Waals surface area (Å²) in [6, 6.07) is 13.6. The highest BCUT2D eigenvalue weighted by Crippen LogP contribution is 2.25. The summed E-state index contributed by atoms with van der Waals surface area (Å²) in [6.45, 7) is 3.47. The summed E-state index contributed by atoms with van der Waals surface area (Å²) in [6.07, 6.45) is -1.03. The first-order valence-electron chi connectivity index (χ1n) is 7.87. The predicted molar refractivity (Wildman–Crippen MR) is 95.9 cm³/mol. The Morgan fingerprint density at radius 1 is 1.16 bits per heavy atom. The van der Waals surface area contributed by atoms with Crippen molar-refractivity contribution in [3.05, 3.63) is 64.7 Å². The molecule has 0 heterocycles. The van der Waals surface area contributed by atoms with Crippen LogP contribution >= 0.6 is 11.6 Å². The van der Waals surface area contributed by atoms with Gasteiger partial charge in [-0.25, -0.2) is 0 Å². The van der Waals surface area contributed by atoms with Gasteiger partial charge in [0.25, 0.3) is 5.91 Å². The monoisotopic (exact) mass is 361 g/mol. The molecule has 132 valence electrons. The maximum absolute atomic E-state index is 12.5. The van der Waals surface area contributed by atoms with Gasteiger partial charge in [-0.05, 0) is 37.1 Å². The Balaban J connectivity index is 2.12. The number of carbonyl (C=O) groups excluding carboxylic acids is 1. The molecular formula is C19H20ClNO4. The fourth-order valence-corrected chi connectivity index (χ4v) is 2.64. The SMILES string of the molecule is Cc1ccccc1C(CC(=O)O)NC(=O)C(C)Oc1ccccc1Cl. The third-order valence-electron chi connectivity index (χ3n) is 3.77. The number of hydrogen-bond donors (Lipinski definition) is 2. The summed E-state index contributed by atoms with van der Waals surface area (Å²) in [5, 5.41) is 12.3. The molecule has 0 aliphatic heterocycles. The predicted octanol–water partition coefficient (Wildman–Crippen LogP) is 3.75. The number of carbonyl (C=O) groups is 2. The largest absolute Gasteiger partial charge is 0.481 e. The first-order chi connectivity index (χ1) is 11.9. The zero-order chi connectivity index (χ0) is 18.4. The number of halogens is 1. The average molecular weight is 362 g/mol. The second-order valence-corrected chi connectivity index (χ2v) is 6.11. The molecule has 2 aromatic rings. The molecule has 2 atom stereocenters. The normalized spacial score (nSPS) is 12.9. The summed E-state index contributed by atoms with van der Waals surface area (Å²) < 4.78 is 5.59. The van der Waals surface area contributed by atoms with E-state index in [4.69, 9.17) is 21.4 Å². The van der Waals surface area contributed by atoms with Crippen LogP contribution in [-0.2, 0) is 9.59 Å². The third-order valence-corrected chi connectivity index (χ3v) is 4.08. The molecule has 0 spiro atoms. The second kappa shape index (κ2) is 8.53. The minimum atomic E-state index is -0.992. The van der Waals surface area contributed by atoms with E-state index in [9.17, 15) is 9.59 Å². The molecule has 0 bridgehead atoms. The van der Waals surface area contributed by atoms with E-state index in [2.05, 4.69) is 5.32 Å². The van der Waals surface area contributed by atoms with E-state index >= 15 is 0 Å². The average Bonchev–Trinajstić information content (AvgIpc) is 2.56. The number of hydrogen-bond acceptors (Lipinski definition) is 3. The minimum Gasteiger partial charge on any atom is -0.481 e. The van der Waals surface area contributed by atoms with E-state index in [1.165, 1.54) is 0 Å². The maximum atomic E-state index is 12.5. The van der Waals surface area contributed by atoms with Gasteiger partial charge < -0.3 is 15.2 Å². The van der Waals surface area contributed by atoms with Gasteiger partial charge in [-0.1, -0.05) is 48.0 Å². The van der Waals surface area contributed by atoms with E-state index in [1.54, 1.807) is 31.2 Å². The molecule has 0 fully saturated rings. The van der Waals surface area contributed by atoms with Crippen LogP contribution in [0.3, 0.4) is 0 Å². The van der Waals surface area contributed by atoms with Crippen LogP contribution in [0.2, 0.25) is 5.02 Å².